The predicted molar refractivity (Wildman–Crippen MR) is 73.1 cm³/mol. The van der Waals surface area contributed by atoms with Gasteiger partial charge in [-0.15, -0.1) is 0 Å². The third-order valence-corrected chi connectivity index (χ3v) is 2.51. The van der Waals surface area contributed by atoms with Crippen molar-refractivity contribution in [1.29, 1.82) is 0 Å². The van der Waals surface area contributed by atoms with Gasteiger partial charge in [-0.2, -0.15) is 0 Å². The number of nitrogens with zero attached hydrogens (tertiary/aromatic N) is 2. The Kier molecular flexibility index (Phi) is 4.05. The fourth-order valence-electron chi connectivity index (χ4n) is 1.56. The van der Waals surface area contributed by atoms with Crippen LogP contribution in [0.25, 0.3) is 0 Å². The molecule has 0 saturated heterocycles. The SMILES string of the molecule is NNc1ccc(C(=O)Nc2cc(F)cc([N+](=O)[O-])c2)nc1. The molecule has 0 atom stereocenters. The predicted octanol–water partition coefficient (Wildman–Crippen LogP) is 1.67. The van der Waals surface area contributed by atoms with E-state index in [0.717, 1.165) is 18.2 Å². The van der Waals surface area contributed by atoms with E-state index in [2.05, 4.69) is 15.7 Å². The van der Waals surface area contributed by atoms with Gasteiger partial charge in [-0.05, 0) is 18.2 Å². The van der Waals surface area contributed by atoms with Crippen LogP contribution in [0.5, 0.6) is 0 Å². The maximum absolute atomic E-state index is 13.2. The van der Waals surface area contributed by atoms with Crippen LogP contribution in [0.3, 0.4) is 0 Å². The van der Waals surface area contributed by atoms with Crippen molar-refractivity contribution < 1.29 is 14.1 Å². The first-order chi connectivity index (χ1) is 9.99. The van der Waals surface area contributed by atoms with E-state index in [1.807, 2.05) is 0 Å². The Hall–Kier alpha value is -3.07. The summed E-state index contributed by atoms with van der Waals surface area (Å²) in [5.41, 5.74) is 2.42. The fraction of sp³-hybridized carbons (Fsp3) is 0. The number of anilines is 2. The van der Waals surface area contributed by atoms with Crippen LogP contribution >= 0.6 is 0 Å². The lowest BCUT2D eigenvalue weighted by Crippen LogP contribution is -2.14. The fourth-order valence-corrected chi connectivity index (χ4v) is 1.56. The zero-order chi connectivity index (χ0) is 15.4. The van der Waals surface area contributed by atoms with Gasteiger partial charge in [0, 0.05) is 6.07 Å². The van der Waals surface area contributed by atoms with Crippen LogP contribution in [0.2, 0.25) is 0 Å². The average Bonchev–Trinajstić information content (AvgIpc) is 2.46. The normalized spacial score (nSPS) is 10.0. The molecule has 0 saturated carbocycles. The van der Waals surface area contributed by atoms with Crippen molar-refractivity contribution in [2.75, 3.05) is 10.7 Å². The van der Waals surface area contributed by atoms with E-state index in [4.69, 9.17) is 5.84 Å². The lowest BCUT2D eigenvalue weighted by molar-refractivity contribution is -0.385. The molecule has 0 aliphatic heterocycles. The van der Waals surface area contributed by atoms with E-state index in [-0.39, 0.29) is 11.4 Å². The van der Waals surface area contributed by atoms with Crippen LogP contribution in [0, 0.1) is 15.9 Å². The number of carbonyl (C=O) groups excluding carboxylic acids is 1. The van der Waals surface area contributed by atoms with Gasteiger partial charge in [-0.3, -0.25) is 20.8 Å². The summed E-state index contributed by atoms with van der Waals surface area (Å²) in [4.78, 5) is 25.6. The number of hydrogen-bond acceptors (Lipinski definition) is 6. The summed E-state index contributed by atoms with van der Waals surface area (Å²) in [5.74, 6) is 3.71. The highest BCUT2D eigenvalue weighted by atomic mass is 19.1. The molecule has 0 aliphatic rings. The monoisotopic (exact) mass is 291 g/mol. The number of pyridine rings is 1. The second-order valence-corrected chi connectivity index (χ2v) is 3.99. The molecule has 8 nitrogen and oxygen atoms in total. The molecule has 1 aromatic carbocycles. The molecule has 0 spiro atoms. The maximum Gasteiger partial charge on any atom is 0.274 e. The number of amides is 1. The Labute approximate surface area is 117 Å². The van der Waals surface area contributed by atoms with Crippen LogP contribution in [0.1, 0.15) is 10.5 Å². The largest absolute Gasteiger partial charge is 0.323 e. The first-order valence-corrected chi connectivity index (χ1v) is 5.68. The highest BCUT2D eigenvalue weighted by Gasteiger charge is 2.13. The molecule has 2 rings (SSSR count). The molecule has 0 unspecified atom stereocenters. The Morgan fingerprint density at radius 1 is 1.29 bits per heavy atom. The molecule has 0 fully saturated rings. The van der Waals surface area contributed by atoms with Gasteiger partial charge in [0.05, 0.1) is 28.6 Å². The van der Waals surface area contributed by atoms with E-state index in [1.165, 1.54) is 18.3 Å². The summed E-state index contributed by atoms with van der Waals surface area (Å²) < 4.78 is 13.2. The number of carbonyl (C=O) groups is 1. The molecule has 0 aliphatic carbocycles. The molecule has 0 radical (unpaired) electrons. The number of nitro benzene ring substituents is 1. The van der Waals surface area contributed by atoms with Gasteiger partial charge in [0.25, 0.3) is 11.6 Å². The topological polar surface area (TPSA) is 123 Å². The molecule has 1 aromatic heterocycles. The number of benzene rings is 1. The standard InChI is InChI=1S/C12H10FN5O3/c13-7-3-9(5-10(4-7)18(20)21)16-12(19)11-2-1-8(17-14)6-15-11/h1-6,17H,14H2,(H,16,19). The lowest BCUT2D eigenvalue weighted by Gasteiger charge is -2.05. The van der Waals surface area contributed by atoms with Crippen molar-refractivity contribution in [3.05, 3.63) is 58.2 Å². The number of nitrogens with one attached hydrogen (secondary N) is 2. The van der Waals surface area contributed by atoms with Crippen LogP contribution in [0.4, 0.5) is 21.5 Å². The molecule has 1 heterocycles. The van der Waals surface area contributed by atoms with E-state index in [9.17, 15) is 19.3 Å². The molecule has 108 valence electrons. The highest BCUT2D eigenvalue weighted by Crippen LogP contribution is 2.20. The van der Waals surface area contributed by atoms with Crippen molar-refractivity contribution in [3.8, 4) is 0 Å². The quantitative estimate of drug-likeness (QED) is 0.447. The van der Waals surface area contributed by atoms with E-state index in [0.29, 0.717) is 5.69 Å². The van der Waals surface area contributed by atoms with Crippen molar-refractivity contribution >= 4 is 23.0 Å². The number of nitrogen functional groups attached to an aromatic ring is 1. The minimum Gasteiger partial charge on any atom is -0.323 e. The molecule has 0 bridgehead atoms. The number of nitrogens with two attached hydrogens (primary N) is 1. The van der Waals surface area contributed by atoms with Gasteiger partial charge >= 0.3 is 0 Å². The number of hydrazine groups is 1. The Morgan fingerprint density at radius 2 is 2.05 bits per heavy atom. The Balaban J connectivity index is 2.20. The minimum absolute atomic E-state index is 0.0328. The lowest BCUT2D eigenvalue weighted by atomic mass is 10.2. The second-order valence-electron chi connectivity index (χ2n) is 3.99. The molecule has 21 heavy (non-hydrogen) atoms. The average molecular weight is 291 g/mol. The summed E-state index contributed by atoms with van der Waals surface area (Å²) in [6.07, 6.45) is 1.34. The van der Waals surface area contributed by atoms with Crippen LogP contribution in [0.15, 0.2) is 36.5 Å². The first kappa shape index (κ1) is 14.3. The molecule has 9 heteroatoms. The van der Waals surface area contributed by atoms with Gasteiger partial charge in [-0.25, -0.2) is 9.37 Å². The summed E-state index contributed by atoms with van der Waals surface area (Å²) in [6.45, 7) is 0. The highest BCUT2D eigenvalue weighted by molar-refractivity contribution is 6.03. The second kappa shape index (κ2) is 5.92. The number of rotatable bonds is 4. The molecular weight excluding hydrogens is 281 g/mol. The number of nitro groups is 1. The van der Waals surface area contributed by atoms with E-state index in [1.54, 1.807) is 0 Å². The van der Waals surface area contributed by atoms with Crippen molar-refractivity contribution in [2.24, 2.45) is 5.84 Å². The van der Waals surface area contributed by atoms with Crippen molar-refractivity contribution in [3.63, 3.8) is 0 Å². The van der Waals surface area contributed by atoms with Gasteiger partial charge in [-0.1, -0.05) is 0 Å². The number of halogens is 1. The Bertz CT molecular complexity index is 690. The summed E-state index contributed by atoms with van der Waals surface area (Å²) in [5, 5.41) is 13.0. The van der Waals surface area contributed by atoms with Crippen LogP contribution in [-0.4, -0.2) is 15.8 Å². The number of aromatic nitrogens is 1. The number of non-ortho nitro benzene ring substituents is 1. The van der Waals surface area contributed by atoms with E-state index < -0.39 is 22.3 Å². The molecule has 2 aromatic rings. The van der Waals surface area contributed by atoms with Gasteiger partial charge < -0.3 is 10.7 Å². The molecular formula is C12H10FN5O3. The third kappa shape index (κ3) is 3.48. The maximum atomic E-state index is 13.2. The zero-order valence-electron chi connectivity index (χ0n) is 10.5. The van der Waals surface area contributed by atoms with Crippen molar-refractivity contribution in [2.45, 2.75) is 0 Å². The van der Waals surface area contributed by atoms with E-state index >= 15 is 0 Å². The van der Waals surface area contributed by atoms with Crippen LogP contribution < -0.4 is 16.6 Å². The third-order valence-electron chi connectivity index (χ3n) is 2.51. The first-order valence-electron chi connectivity index (χ1n) is 5.68. The smallest absolute Gasteiger partial charge is 0.274 e. The number of hydrogen-bond donors (Lipinski definition) is 3. The van der Waals surface area contributed by atoms with Crippen molar-refractivity contribution in [1.82, 2.24) is 4.98 Å². The van der Waals surface area contributed by atoms with Gasteiger partial charge in [0.15, 0.2) is 0 Å². The van der Waals surface area contributed by atoms with Gasteiger partial charge in [0.1, 0.15) is 11.5 Å². The molecule has 1 amide bonds. The minimum atomic E-state index is -0.824. The molecule has 4 N–H and O–H groups in total. The summed E-state index contributed by atoms with van der Waals surface area (Å²) in [7, 11) is 0. The summed E-state index contributed by atoms with van der Waals surface area (Å²) >= 11 is 0. The zero-order valence-corrected chi connectivity index (χ0v) is 10.5. The summed E-state index contributed by atoms with van der Waals surface area (Å²) in [6, 6.07) is 5.71. The van der Waals surface area contributed by atoms with Gasteiger partial charge in [0.2, 0.25) is 0 Å². The Morgan fingerprint density at radius 3 is 2.62 bits per heavy atom. The van der Waals surface area contributed by atoms with Crippen LogP contribution in [-0.2, 0) is 0 Å².